The lowest BCUT2D eigenvalue weighted by atomic mass is 10.3. The van der Waals surface area contributed by atoms with Gasteiger partial charge in [-0.25, -0.2) is 0 Å². The average Bonchev–Trinajstić information content (AvgIpc) is 2.19. The monoisotopic (exact) mass is 251 g/mol. The molecule has 0 radical (unpaired) electrons. The van der Waals surface area contributed by atoms with Crippen LogP contribution in [0.15, 0.2) is 23.1 Å². The number of aliphatic hydroxyl groups is 1. The van der Waals surface area contributed by atoms with E-state index in [0.717, 1.165) is 10.6 Å². The van der Waals surface area contributed by atoms with E-state index >= 15 is 0 Å². The second kappa shape index (κ2) is 5.71. The van der Waals surface area contributed by atoms with Crippen molar-refractivity contribution in [3.8, 4) is 0 Å². The van der Waals surface area contributed by atoms with Crippen molar-refractivity contribution in [2.24, 2.45) is 0 Å². The molecule has 0 aromatic heterocycles. The second-order valence-electron chi connectivity index (χ2n) is 2.85. The van der Waals surface area contributed by atoms with Gasteiger partial charge in [0.1, 0.15) is 0 Å². The lowest BCUT2D eigenvalue weighted by Crippen LogP contribution is -2.20. The van der Waals surface area contributed by atoms with Crippen LogP contribution >= 0.6 is 35.8 Å². The predicted molar refractivity (Wildman–Crippen MR) is 63.9 cm³/mol. The molecule has 0 spiro atoms. The Balaban J connectivity index is 2.62. The van der Waals surface area contributed by atoms with Crippen molar-refractivity contribution >= 4 is 41.5 Å². The molecule has 0 aliphatic carbocycles. The molecule has 0 fully saturated rings. The fourth-order valence-corrected chi connectivity index (χ4v) is 1.43. The van der Waals surface area contributed by atoms with Gasteiger partial charge >= 0.3 is 0 Å². The number of thiol groups is 1. The summed E-state index contributed by atoms with van der Waals surface area (Å²) < 4.78 is 0. The zero-order valence-corrected chi connectivity index (χ0v) is 9.78. The smallest absolute Gasteiger partial charge is 0.0847 e. The molecule has 0 saturated heterocycles. The molecule has 1 atom stereocenters. The Morgan fingerprint density at radius 3 is 2.86 bits per heavy atom. The van der Waals surface area contributed by atoms with Gasteiger partial charge in [0.25, 0.3) is 0 Å². The molecule has 1 rings (SSSR count). The summed E-state index contributed by atoms with van der Waals surface area (Å²) in [5, 5.41) is 12.9. The van der Waals surface area contributed by atoms with Gasteiger partial charge in [0, 0.05) is 22.2 Å². The molecule has 0 saturated carbocycles. The van der Waals surface area contributed by atoms with E-state index in [1.54, 1.807) is 18.2 Å². The first-order chi connectivity index (χ1) is 6.63. The van der Waals surface area contributed by atoms with Crippen molar-refractivity contribution in [3.63, 3.8) is 0 Å². The van der Waals surface area contributed by atoms with E-state index in [1.807, 2.05) is 0 Å². The number of aliphatic hydroxyl groups excluding tert-OH is 1. The quantitative estimate of drug-likeness (QED) is 0.568. The molecular formula is C9H11Cl2NOS. The molecule has 1 aromatic carbocycles. The fraction of sp³-hybridized carbons (Fsp3) is 0.333. The minimum Gasteiger partial charge on any atom is -0.390 e. The maximum absolute atomic E-state index is 9.23. The summed E-state index contributed by atoms with van der Waals surface area (Å²) in [6, 6.07) is 5.30. The molecule has 5 heteroatoms. The number of nitrogens with one attached hydrogen (secondary N) is 1. The first kappa shape index (κ1) is 12.0. The van der Waals surface area contributed by atoms with Crippen molar-refractivity contribution in [1.29, 1.82) is 0 Å². The standard InChI is InChI=1S/C9H11Cl2NOS/c10-4-7(13)5-12-8-3-6(11)1-2-9(8)14/h1-3,7,12-14H,4-5H2. The van der Waals surface area contributed by atoms with Crippen molar-refractivity contribution in [1.82, 2.24) is 0 Å². The largest absolute Gasteiger partial charge is 0.390 e. The van der Waals surface area contributed by atoms with Crippen LogP contribution in [0, 0.1) is 0 Å². The maximum Gasteiger partial charge on any atom is 0.0847 e. The van der Waals surface area contributed by atoms with Gasteiger partial charge in [0.15, 0.2) is 0 Å². The number of anilines is 1. The van der Waals surface area contributed by atoms with Crippen LogP contribution in [0.2, 0.25) is 5.02 Å². The molecule has 1 aromatic rings. The molecule has 0 amide bonds. The minimum absolute atomic E-state index is 0.204. The van der Waals surface area contributed by atoms with E-state index in [4.69, 9.17) is 23.2 Å². The Morgan fingerprint density at radius 2 is 2.21 bits per heavy atom. The number of hydrogen-bond acceptors (Lipinski definition) is 3. The molecular weight excluding hydrogens is 241 g/mol. The van der Waals surface area contributed by atoms with Gasteiger partial charge in [0.2, 0.25) is 0 Å². The van der Waals surface area contributed by atoms with Crippen LogP contribution in [0.3, 0.4) is 0 Å². The highest BCUT2D eigenvalue weighted by atomic mass is 35.5. The van der Waals surface area contributed by atoms with Crippen LogP contribution in [0.5, 0.6) is 0 Å². The number of hydrogen-bond donors (Lipinski definition) is 3. The Bertz CT molecular complexity index is 309. The third-order valence-corrected chi connectivity index (χ3v) is 2.65. The summed E-state index contributed by atoms with van der Waals surface area (Å²) in [6.45, 7) is 0.386. The van der Waals surface area contributed by atoms with Gasteiger partial charge in [-0.3, -0.25) is 0 Å². The molecule has 0 aliphatic rings. The van der Waals surface area contributed by atoms with E-state index in [-0.39, 0.29) is 5.88 Å². The van der Waals surface area contributed by atoms with E-state index < -0.39 is 6.10 Å². The fourth-order valence-electron chi connectivity index (χ4n) is 0.932. The number of rotatable bonds is 4. The van der Waals surface area contributed by atoms with Crippen LogP contribution in [0.4, 0.5) is 5.69 Å². The van der Waals surface area contributed by atoms with Crippen LogP contribution < -0.4 is 5.32 Å². The van der Waals surface area contributed by atoms with E-state index in [0.29, 0.717) is 11.6 Å². The zero-order valence-electron chi connectivity index (χ0n) is 7.37. The Labute approximate surface area is 98.6 Å². The molecule has 2 nitrogen and oxygen atoms in total. The minimum atomic E-state index is -0.566. The summed E-state index contributed by atoms with van der Waals surface area (Å²) >= 11 is 15.5. The average molecular weight is 252 g/mol. The Kier molecular flexibility index (Phi) is 4.89. The van der Waals surface area contributed by atoms with Gasteiger partial charge < -0.3 is 10.4 Å². The summed E-state index contributed by atoms with van der Waals surface area (Å²) in [6.07, 6.45) is -0.566. The second-order valence-corrected chi connectivity index (χ2v) is 4.08. The predicted octanol–water partition coefficient (Wildman–Crippen LogP) is 2.64. The summed E-state index contributed by atoms with van der Waals surface area (Å²) in [5.41, 5.74) is 0.796. The number of benzene rings is 1. The van der Waals surface area contributed by atoms with Gasteiger partial charge in [-0.05, 0) is 18.2 Å². The Hall–Kier alpha value is -0.0900. The van der Waals surface area contributed by atoms with Crippen molar-refractivity contribution < 1.29 is 5.11 Å². The van der Waals surface area contributed by atoms with E-state index in [2.05, 4.69) is 17.9 Å². The van der Waals surface area contributed by atoms with Crippen LogP contribution in [0.1, 0.15) is 0 Å². The summed E-state index contributed by atoms with van der Waals surface area (Å²) in [5.74, 6) is 0.204. The summed E-state index contributed by atoms with van der Waals surface area (Å²) in [4.78, 5) is 0.788. The number of halogens is 2. The van der Waals surface area contributed by atoms with Crippen molar-refractivity contribution in [2.45, 2.75) is 11.0 Å². The molecule has 1 unspecified atom stereocenters. The van der Waals surface area contributed by atoms with E-state index in [9.17, 15) is 5.11 Å². The van der Waals surface area contributed by atoms with Gasteiger partial charge in [-0.2, -0.15) is 0 Å². The van der Waals surface area contributed by atoms with Crippen LogP contribution in [-0.4, -0.2) is 23.6 Å². The van der Waals surface area contributed by atoms with Gasteiger partial charge in [-0.1, -0.05) is 11.6 Å². The van der Waals surface area contributed by atoms with Crippen molar-refractivity contribution in [2.75, 3.05) is 17.7 Å². The molecule has 0 aliphatic heterocycles. The lowest BCUT2D eigenvalue weighted by molar-refractivity contribution is 0.211. The van der Waals surface area contributed by atoms with E-state index in [1.165, 1.54) is 0 Å². The maximum atomic E-state index is 9.23. The van der Waals surface area contributed by atoms with Crippen LogP contribution in [-0.2, 0) is 0 Å². The highest BCUT2D eigenvalue weighted by Gasteiger charge is 2.03. The highest BCUT2D eigenvalue weighted by molar-refractivity contribution is 7.80. The van der Waals surface area contributed by atoms with Crippen molar-refractivity contribution in [3.05, 3.63) is 23.2 Å². The summed E-state index contributed by atoms with van der Waals surface area (Å²) in [7, 11) is 0. The molecule has 14 heavy (non-hydrogen) atoms. The third-order valence-electron chi connectivity index (χ3n) is 1.66. The first-order valence-corrected chi connectivity index (χ1v) is 5.46. The first-order valence-electron chi connectivity index (χ1n) is 4.10. The SMILES string of the molecule is OC(CCl)CNc1cc(Cl)ccc1S. The highest BCUT2D eigenvalue weighted by Crippen LogP contribution is 2.23. The molecule has 0 bridgehead atoms. The van der Waals surface area contributed by atoms with Crippen LogP contribution in [0.25, 0.3) is 0 Å². The lowest BCUT2D eigenvalue weighted by Gasteiger charge is -2.11. The topological polar surface area (TPSA) is 32.3 Å². The molecule has 78 valence electrons. The third kappa shape index (κ3) is 3.58. The Morgan fingerprint density at radius 1 is 1.50 bits per heavy atom. The normalized spacial score (nSPS) is 12.6. The zero-order chi connectivity index (χ0) is 10.6. The van der Waals surface area contributed by atoms with Gasteiger partial charge in [-0.15, -0.1) is 24.2 Å². The molecule has 0 heterocycles. The van der Waals surface area contributed by atoms with Gasteiger partial charge in [0.05, 0.1) is 12.0 Å². The molecule has 2 N–H and O–H groups in total. The number of alkyl halides is 1.